The summed E-state index contributed by atoms with van der Waals surface area (Å²) in [5.41, 5.74) is -0.0381. The fourth-order valence-corrected chi connectivity index (χ4v) is 4.69. The quantitative estimate of drug-likeness (QED) is 0.236. The monoisotopic (exact) mass is 564 g/mol. The molecule has 2 aromatic carbocycles. The van der Waals surface area contributed by atoms with Crippen molar-refractivity contribution in [2.24, 2.45) is 4.99 Å². The van der Waals surface area contributed by atoms with Gasteiger partial charge in [-0.25, -0.2) is 9.79 Å². The molecule has 1 aliphatic heterocycles. The highest BCUT2D eigenvalue weighted by molar-refractivity contribution is 8.18. The minimum Gasteiger partial charge on any atom is -0.465 e. The number of nitrogens with zero attached hydrogens (tertiary/aromatic N) is 2. The van der Waals surface area contributed by atoms with Crippen LogP contribution in [-0.2, 0) is 20.4 Å². The van der Waals surface area contributed by atoms with Gasteiger partial charge >= 0.3 is 12.1 Å². The van der Waals surface area contributed by atoms with Gasteiger partial charge in [-0.15, -0.1) is 0 Å². The van der Waals surface area contributed by atoms with Gasteiger partial charge < -0.3 is 13.9 Å². The standard InChI is InChI=1S/C26H20ClF3N2O5S/c1-35-11-10-32-23(33)22(38-25(32)31-17-5-3-4-16(13-17)26(28,29)30)14-18-7-9-21(37-18)15-6-8-20(27)19(12-15)24(34)36-2/h3-9,12-14H,10-11H2,1-2H3/b22-14+,31-25?. The predicted octanol–water partition coefficient (Wildman–Crippen LogP) is 6.66. The SMILES string of the molecule is COCCN1C(=O)/C(=C\c2ccc(-c3ccc(Cl)c(C(=O)OC)c3)o2)SC1=Nc1cccc(C(F)(F)F)c1. The molecular formula is C26H20ClF3N2O5S. The topological polar surface area (TPSA) is 81.3 Å². The van der Waals surface area contributed by atoms with E-state index < -0.39 is 23.6 Å². The van der Waals surface area contributed by atoms with Gasteiger partial charge in [0.1, 0.15) is 11.5 Å². The van der Waals surface area contributed by atoms with E-state index in [0.29, 0.717) is 17.1 Å². The molecular weight excluding hydrogens is 545 g/mol. The zero-order chi connectivity index (χ0) is 27.4. The molecule has 3 aromatic rings. The maximum atomic E-state index is 13.1. The Morgan fingerprint density at radius 3 is 2.66 bits per heavy atom. The predicted molar refractivity (Wildman–Crippen MR) is 138 cm³/mol. The second kappa shape index (κ2) is 11.5. The van der Waals surface area contributed by atoms with Crippen molar-refractivity contribution in [2.45, 2.75) is 6.18 Å². The van der Waals surface area contributed by atoms with Crippen LogP contribution in [0.5, 0.6) is 0 Å². The molecule has 0 saturated carbocycles. The number of methoxy groups -OCH3 is 2. The average molecular weight is 565 g/mol. The molecule has 12 heteroatoms. The van der Waals surface area contributed by atoms with Gasteiger partial charge in [-0.1, -0.05) is 17.7 Å². The number of rotatable bonds is 7. The van der Waals surface area contributed by atoms with Crippen LogP contribution in [0, 0.1) is 0 Å². The zero-order valence-corrected chi connectivity index (χ0v) is 21.6. The lowest BCUT2D eigenvalue weighted by molar-refractivity contribution is -0.137. The van der Waals surface area contributed by atoms with Crippen LogP contribution in [0.3, 0.4) is 0 Å². The largest absolute Gasteiger partial charge is 0.465 e. The number of ether oxygens (including phenoxy) is 2. The Bertz CT molecular complexity index is 1430. The highest BCUT2D eigenvalue weighted by Gasteiger charge is 2.34. The Morgan fingerprint density at radius 1 is 1.16 bits per heavy atom. The summed E-state index contributed by atoms with van der Waals surface area (Å²) >= 11 is 7.09. The highest BCUT2D eigenvalue weighted by Crippen LogP contribution is 2.37. The van der Waals surface area contributed by atoms with E-state index in [1.54, 1.807) is 24.3 Å². The van der Waals surface area contributed by atoms with Crippen molar-refractivity contribution in [1.82, 2.24) is 4.90 Å². The first-order chi connectivity index (χ1) is 18.1. The molecule has 1 fully saturated rings. The summed E-state index contributed by atoms with van der Waals surface area (Å²) in [6, 6.07) is 12.6. The molecule has 0 atom stereocenters. The van der Waals surface area contributed by atoms with Gasteiger partial charge in [0.15, 0.2) is 5.17 Å². The maximum absolute atomic E-state index is 13.1. The second-order valence-corrected chi connectivity index (χ2v) is 9.31. The highest BCUT2D eigenvalue weighted by atomic mass is 35.5. The van der Waals surface area contributed by atoms with Crippen LogP contribution in [-0.4, -0.2) is 49.3 Å². The number of esters is 1. The van der Waals surface area contributed by atoms with Gasteiger partial charge in [0.2, 0.25) is 0 Å². The third-order valence-electron chi connectivity index (χ3n) is 5.36. The number of halogens is 4. The number of benzene rings is 2. The number of furan rings is 1. The van der Waals surface area contributed by atoms with E-state index in [4.69, 9.17) is 25.5 Å². The minimum atomic E-state index is -4.52. The molecule has 1 amide bonds. The Kier molecular flexibility index (Phi) is 8.29. The summed E-state index contributed by atoms with van der Waals surface area (Å²) in [5, 5.41) is 0.441. The third-order valence-corrected chi connectivity index (χ3v) is 6.70. The molecule has 38 heavy (non-hydrogen) atoms. The van der Waals surface area contributed by atoms with Crippen LogP contribution < -0.4 is 0 Å². The lowest BCUT2D eigenvalue weighted by Crippen LogP contribution is -2.32. The normalized spacial score (nSPS) is 16.1. The number of amidine groups is 1. The van der Waals surface area contributed by atoms with E-state index in [0.717, 1.165) is 23.9 Å². The second-order valence-electron chi connectivity index (χ2n) is 7.89. The summed E-state index contributed by atoms with van der Waals surface area (Å²) in [7, 11) is 2.72. The van der Waals surface area contributed by atoms with E-state index in [1.165, 1.54) is 43.4 Å². The van der Waals surface area contributed by atoms with Crippen LogP contribution in [0.1, 0.15) is 21.7 Å². The zero-order valence-electron chi connectivity index (χ0n) is 20.0. The van der Waals surface area contributed by atoms with Gasteiger partial charge in [-0.2, -0.15) is 13.2 Å². The van der Waals surface area contributed by atoms with Crippen molar-refractivity contribution in [3.05, 3.63) is 81.4 Å². The molecule has 1 aliphatic rings. The smallest absolute Gasteiger partial charge is 0.416 e. The number of hydrogen-bond acceptors (Lipinski definition) is 7. The van der Waals surface area contributed by atoms with E-state index in [1.807, 2.05) is 0 Å². The molecule has 198 valence electrons. The van der Waals surface area contributed by atoms with Gasteiger partial charge in [0, 0.05) is 18.7 Å². The summed E-state index contributed by atoms with van der Waals surface area (Å²) in [6.07, 6.45) is -3.00. The molecule has 0 unspecified atom stereocenters. The van der Waals surface area contributed by atoms with Crippen molar-refractivity contribution < 1.29 is 36.7 Å². The average Bonchev–Trinajstić information content (AvgIpc) is 3.47. The van der Waals surface area contributed by atoms with Crippen LogP contribution in [0.4, 0.5) is 18.9 Å². The molecule has 0 radical (unpaired) electrons. The number of aliphatic imine (C=N–C) groups is 1. The molecule has 2 heterocycles. The Balaban J connectivity index is 1.63. The van der Waals surface area contributed by atoms with Crippen molar-refractivity contribution in [3.8, 4) is 11.3 Å². The molecule has 0 N–H and O–H groups in total. The van der Waals surface area contributed by atoms with Crippen LogP contribution in [0.15, 0.2) is 68.9 Å². The van der Waals surface area contributed by atoms with Gasteiger partial charge in [-0.05, 0) is 60.3 Å². The lowest BCUT2D eigenvalue weighted by Gasteiger charge is -2.15. The molecule has 4 rings (SSSR count). The number of alkyl halides is 3. The Labute approximate surface area is 224 Å². The van der Waals surface area contributed by atoms with E-state index in [-0.39, 0.29) is 39.5 Å². The molecule has 1 saturated heterocycles. The number of carbonyl (C=O) groups is 2. The van der Waals surface area contributed by atoms with Gasteiger partial charge in [0.25, 0.3) is 5.91 Å². The van der Waals surface area contributed by atoms with Crippen molar-refractivity contribution in [2.75, 3.05) is 27.4 Å². The summed E-state index contributed by atoms with van der Waals surface area (Å²) in [6.45, 7) is 0.354. The van der Waals surface area contributed by atoms with E-state index in [9.17, 15) is 22.8 Å². The molecule has 0 aliphatic carbocycles. The van der Waals surface area contributed by atoms with Crippen molar-refractivity contribution >= 4 is 52.2 Å². The molecule has 7 nitrogen and oxygen atoms in total. The third kappa shape index (κ3) is 6.12. The molecule has 1 aromatic heterocycles. The number of carbonyl (C=O) groups excluding carboxylic acids is 2. The van der Waals surface area contributed by atoms with Crippen LogP contribution in [0.25, 0.3) is 17.4 Å². The summed E-state index contributed by atoms with van der Waals surface area (Å²) < 4.78 is 55.1. The lowest BCUT2D eigenvalue weighted by atomic mass is 10.1. The van der Waals surface area contributed by atoms with Crippen molar-refractivity contribution in [3.63, 3.8) is 0 Å². The first kappa shape index (κ1) is 27.5. The van der Waals surface area contributed by atoms with Crippen LogP contribution >= 0.6 is 23.4 Å². The van der Waals surface area contributed by atoms with Gasteiger partial charge in [-0.3, -0.25) is 9.69 Å². The fraction of sp³-hybridized carbons (Fsp3) is 0.192. The van der Waals surface area contributed by atoms with E-state index >= 15 is 0 Å². The van der Waals surface area contributed by atoms with Crippen LogP contribution in [0.2, 0.25) is 5.02 Å². The number of amides is 1. The van der Waals surface area contributed by atoms with E-state index in [2.05, 4.69) is 4.99 Å². The Morgan fingerprint density at radius 2 is 1.95 bits per heavy atom. The van der Waals surface area contributed by atoms with Crippen molar-refractivity contribution in [1.29, 1.82) is 0 Å². The maximum Gasteiger partial charge on any atom is 0.416 e. The summed E-state index contributed by atoms with van der Waals surface area (Å²) in [5.74, 6) is -0.224. The fourth-order valence-electron chi connectivity index (χ4n) is 3.49. The minimum absolute atomic E-state index is 0.0585. The first-order valence-corrected chi connectivity index (χ1v) is 12.2. The summed E-state index contributed by atoms with van der Waals surface area (Å²) in [4.78, 5) is 31.0. The molecule has 0 spiro atoms. The number of hydrogen-bond donors (Lipinski definition) is 0. The molecule has 0 bridgehead atoms. The first-order valence-electron chi connectivity index (χ1n) is 11.0. The Hall–Kier alpha value is -3.54. The van der Waals surface area contributed by atoms with Gasteiger partial charge in [0.05, 0.1) is 47.0 Å². The number of thioether (sulfide) groups is 1.